The van der Waals surface area contributed by atoms with Crippen molar-refractivity contribution in [3.05, 3.63) is 88.4 Å². The second-order valence-corrected chi connectivity index (χ2v) is 18.3. The monoisotopic (exact) mass is 841 g/mol. The molecular formula is C42H50F3N5O6S2. The van der Waals surface area contributed by atoms with Crippen LogP contribution in [0.2, 0.25) is 0 Å². The van der Waals surface area contributed by atoms with Gasteiger partial charge >= 0.3 is 6.18 Å². The van der Waals surface area contributed by atoms with Gasteiger partial charge in [0, 0.05) is 47.9 Å². The molecule has 312 valence electrons. The first-order valence-corrected chi connectivity index (χ1v) is 21.8. The predicted octanol–water partition coefficient (Wildman–Crippen LogP) is 7.72. The van der Waals surface area contributed by atoms with Crippen molar-refractivity contribution in [3.63, 3.8) is 0 Å². The number of carbonyl (C=O) groups is 3. The second-order valence-electron chi connectivity index (χ2n) is 15.5. The van der Waals surface area contributed by atoms with Crippen molar-refractivity contribution in [1.82, 2.24) is 24.9 Å². The number of nitrogens with zero attached hydrogens (tertiary/aromatic N) is 3. The van der Waals surface area contributed by atoms with E-state index in [4.69, 9.17) is 4.74 Å². The van der Waals surface area contributed by atoms with Crippen molar-refractivity contribution in [3.8, 4) is 28.3 Å². The lowest BCUT2D eigenvalue weighted by Gasteiger charge is -2.24. The summed E-state index contributed by atoms with van der Waals surface area (Å²) >= 11 is 1.31. The molecule has 16 heteroatoms. The molecule has 0 aliphatic carbocycles. The first kappa shape index (κ1) is 44.3. The highest BCUT2D eigenvalue weighted by Crippen LogP contribution is 2.30. The van der Waals surface area contributed by atoms with Gasteiger partial charge in [-0.2, -0.15) is 13.2 Å². The summed E-state index contributed by atoms with van der Waals surface area (Å²) in [4.78, 5) is 52.0. The Bertz CT molecular complexity index is 2120. The minimum Gasteiger partial charge on any atom is -0.494 e. The van der Waals surface area contributed by atoms with Gasteiger partial charge in [0.25, 0.3) is 5.91 Å². The highest BCUT2D eigenvalue weighted by Gasteiger charge is 2.39. The van der Waals surface area contributed by atoms with Gasteiger partial charge in [-0.3, -0.25) is 19.1 Å². The quantitative estimate of drug-likeness (QED) is 0.103. The number of hydrogen-bond donors (Lipinski definition) is 2. The summed E-state index contributed by atoms with van der Waals surface area (Å²) in [6, 6.07) is 17.5. The van der Waals surface area contributed by atoms with Gasteiger partial charge in [-0.1, -0.05) is 89.8 Å². The molecule has 0 radical (unpaired) electrons. The molecule has 3 heterocycles. The number of likely N-dealkylation sites (tertiary alicyclic amines) is 1. The summed E-state index contributed by atoms with van der Waals surface area (Å²) < 4.78 is 69.4. The fraction of sp³-hybridized carbons (Fsp3) is 0.452. The number of nitrogens with one attached hydrogen (secondary N) is 2. The van der Waals surface area contributed by atoms with E-state index in [1.165, 1.54) is 40.2 Å². The predicted molar refractivity (Wildman–Crippen MR) is 218 cm³/mol. The molecule has 2 aromatic carbocycles. The molecule has 2 N–H and O–H groups in total. The summed E-state index contributed by atoms with van der Waals surface area (Å²) in [7, 11) is -4.97. The van der Waals surface area contributed by atoms with Crippen LogP contribution in [0.1, 0.15) is 86.3 Å². The molecule has 1 fully saturated rings. The molecule has 2 unspecified atom stereocenters. The Morgan fingerprint density at radius 1 is 0.897 bits per heavy atom. The fourth-order valence-electron chi connectivity index (χ4n) is 6.47. The lowest BCUT2D eigenvalue weighted by atomic mass is 9.95. The van der Waals surface area contributed by atoms with E-state index in [0.29, 0.717) is 22.9 Å². The van der Waals surface area contributed by atoms with E-state index in [9.17, 15) is 36.0 Å². The molecule has 1 aliphatic heterocycles. The SMILES string of the molecule is CCCCCCCOc1ccc(-c2cnc(-c3ccc(CC(NC(=O)c4ccc(C(C)(C)C)s4)C(=O)N4CCC(C(=O)NS(=O)(=O)CC(F)(F)F)C4)cc3)nc2)cc1. The topological polar surface area (TPSA) is 148 Å². The van der Waals surface area contributed by atoms with Crippen LogP contribution >= 0.6 is 11.3 Å². The number of sulfonamides is 1. The Balaban J connectivity index is 1.25. The second kappa shape index (κ2) is 19.3. The largest absolute Gasteiger partial charge is 0.494 e. The van der Waals surface area contributed by atoms with E-state index in [1.54, 1.807) is 30.6 Å². The molecule has 11 nitrogen and oxygen atoms in total. The van der Waals surface area contributed by atoms with E-state index in [1.807, 2.05) is 63.2 Å². The van der Waals surface area contributed by atoms with Gasteiger partial charge in [-0.25, -0.2) is 18.4 Å². The van der Waals surface area contributed by atoms with Crippen LogP contribution in [-0.4, -0.2) is 78.7 Å². The minimum absolute atomic E-state index is 0.0338. The molecule has 58 heavy (non-hydrogen) atoms. The van der Waals surface area contributed by atoms with Crippen molar-refractivity contribution in [2.75, 3.05) is 25.4 Å². The van der Waals surface area contributed by atoms with Crippen LogP contribution in [0.25, 0.3) is 22.5 Å². The van der Waals surface area contributed by atoms with E-state index >= 15 is 0 Å². The third-order valence-corrected chi connectivity index (χ3v) is 12.4. The van der Waals surface area contributed by atoms with Crippen LogP contribution in [0.3, 0.4) is 0 Å². The molecule has 4 aromatic rings. The maximum absolute atomic E-state index is 14.0. The lowest BCUT2D eigenvalue weighted by Crippen LogP contribution is -2.49. The molecule has 0 saturated carbocycles. The number of halogens is 3. The Hall–Kier alpha value is -4.83. The van der Waals surface area contributed by atoms with Crippen LogP contribution < -0.4 is 14.8 Å². The first-order valence-electron chi connectivity index (χ1n) is 19.4. The molecule has 5 rings (SSSR count). The average molecular weight is 842 g/mol. The summed E-state index contributed by atoms with van der Waals surface area (Å²) in [6.07, 6.45) is 4.44. The number of carbonyl (C=O) groups excluding carboxylic acids is 3. The molecular weight excluding hydrogens is 792 g/mol. The normalized spacial score (nSPS) is 15.2. The highest BCUT2D eigenvalue weighted by molar-refractivity contribution is 7.90. The number of hydrogen-bond acceptors (Lipinski definition) is 9. The Morgan fingerprint density at radius 2 is 1.55 bits per heavy atom. The van der Waals surface area contributed by atoms with E-state index < -0.39 is 51.6 Å². The van der Waals surface area contributed by atoms with Gasteiger partial charge in [0.15, 0.2) is 11.6 Å². The highest BCUT2D eigenvalue weighted by atomic mass is 32.2. The van der Waals surface area contributed by atoms with E-state index in [0.717, 1.165) is 40.2 Å². The van der Waals surface area contributed by atoms with Crippen molar-refractivity contribution in [1.29, 1.82) is 0 Å². The zero-order valence-corrected chi connectivity index (χ0v) is 34.7. The number of aromatic nitrogens is 2. The van der Waals surface area contributed by atoms with Crippen LogP contribution in [0, 0.1) is 5.92 Å². The molecule has 1 aliphatic rings. The third-order valence-electron chi connectivity index (χ3n) is 9.66. The number of benzene rings is 2. The van der Waals surface area contributed by atoms with Crippen molar-refractivity contribution < 1.29 is 40.7 Å². The number of rotatable bonds is 17. The molecule has 3 amide bonds. The van der Waals surface area contributed by atoms with Gasteiger partial charge in [0.1, 0.15) is 11.8 Å². The standard InChI is InChI=1S/C42H50F3N5O6S2/c1-5-6-7-8-9-22-56-33-16-14-29(15-17-33)32-24-46-37(47-25-32)30-12-10-28(11-13-30)23-34(48-39(52)35-18-19-36(57-35)41(2,3)4)40(53)50-21-20-31(26-50)38(51)49-58(54,55)27-42(43,44)45/h10-19,24-25,31,34H,5-9,20-23,26-27H2,1-4H3,(H,48,52)(H,49,51). The summed E-state index contributed by atoms with van der Waals surface area (Å²) in [5.74, 6) is -4.04. The van der Waals surface area contributed by atoms with Crippen LogP contribution in [-0.2, 0) is 31.4 Å². The van der Waals surface area contributed by atoms with Crippen molar-refractivity contribution >= 4 is 39.1 Å². The van der Waals surface area contributed by atoms with Crippen molar-refractivity contribution in [2.24, 2.45) is 5.92 Å². The number of unbranched alkanes of at least 4 members (excludes halogenated alkanes) is 4. The van der Waals surface area contributed by atoms with E-state index in [2.05, 4.69) is 22.2 Å². The van der Waals surface area contributed by atoms with Gasteiger partial charge in [0.2, 0.25) is 21.8 Å². The molecule has 0 spiro atoms. The van der Waals surface area contributed by atoms with Gasteiger partial charge < -0.3 is 15.0 Å². The number of thiophene rings is 1. The van der Waals surface area contributed by atoms with Gasteiger partial charge in [0.05, 0.1) is 17.4 Å². The maximum Gasteiger partial charge on any atom is 0.404 e. The molecule has 0 bridgehead atoms. The molecule has 1 saturated heterocycles. The zero-order valence-electron chi connectivity index (χ0n) is 33.1. The van der Waals surface area contributed by atoms with E-state index in [-0.39, 0.29) is 31.3 Å². The van der Waals surface area contributed by atoms with Gasteiger partial charge in [-0.05, 0) is 53.6 Å². The maximum atomic E-state index is 14.0. The zero-order chi connectivity index (χ0) is 42.1. The van der Waals surface area contributed by atoms with Gasteiger partial charge in [-0.15, -0.1) is 11.3 Å². The molecule has 2 aromatic heterocycles. The fourth-order valence-corrected chi connectivity index (χ4v) is 8.41. The third kappa shape index (κ3) is 12.8. The number of amides is 3. The lowest BCUT2D eigenvalue weighted by molar-refractivity contribution is -0.132. The molecule has 2 atom stereocenters. The summed E-state index contributed by atoms with van der Waals surface area (Å²) in [5, 5.41) is 2.85. The van der Waals surface area contributed by atoms with Crippen LogP contribution in [0.15, 0.2) is 73.1 Å². The number of ether oxygens (including phenoxy) is 1. The summed E-state index contributed by atoms with van der Waals surface area (Å²) in [5.41, 5.74) is 3.02. The number of alkyl halides is 3. The first-order chi connectivity index (χ1) is 27.4. The average Bonchev–Trinajstić information content (AvgIpc) is 3.87. The Morgan fingerprint density at radius 3 is 2.17 bits per heavy atom. The Kier molecular flexibility index (Phi) is 14.7. The van der Waals surface area contributed by atoms with Crippen LogP contribution in [0.4, 0.5) is 13.2 Å². The van der Waals surface area contributed by atoms with Crippen LogP contribution in [0.5, 0.6) is 5.75 Å². The Labute approximate surface area is 341 Å². The summed E-state index contributed by atoms with van der Waals surface area (Å²) in [6.45, 7) is 8.77. The minimum atomic E-state index is -5.03. The smallest absolute Gasteiger partial charge is 0.404 e. The van der Waals surface area contributed by atoms with Crippen molar-refractivity contribution in [2.45, 2.75) is 90.3 Å².